The lowest BCUT2D eigenvalue weighted by molar-refractivity contribution is -0.0613. The highest BCUT2D eigenvalue weighted by Gasteiger charge is 2.48. The van der Waals surface area contributed by atoms with Crippen LogP contribution >= 0.6 is 0 Å². The number of rotatable bonds is 6. The minimum Gasteiger partial charge on any atom is -0.459 e. The smallest absolute Gasteiger partial charge is 0.351 e. The van der Waals surface area contributed by atoms with Crippen LogP contribution in [0.25, 0.3) is 0 Å². The maximum atomic E-state index is 12.6. The molecule has 170 valence electrons. The summed E-state index contributed by atoms with van der Waals surface area (Å²) in [5, 5.41) is 10.9. The van der Waals surface area contributed by atoms with E-state index in [0.717, 1.165) is 4.57 Å². The molecule has 1 aliphatic heterocycles. The molecule has 10 heteroatoms. The predicted molar refractivity (Wildman–Crippen MR) is 115 cm³/mol. The first-order valence-electron chi connectivity index (χ1n) is 10.1. The van der Waals surface area contributed by atoms with Crippen LogP contribution in [0, 0.1) is 0 Å². The van der Waals surface area contributed by atoms with Crippen LogP contribution in [-0.2, 0) is 14.2 Å². The quantitative estimate of drug-likeness (QED) is 0.528. The Morgan fingerprint density at radius 3 is 2.21 bits per heavy atom. The van der Waals surface area contributed by atoms with Crippen molar-refractivity contribution in [1.82, 2.24) is 9.55 Å². The van der Waals surface area contributed by atoms with Crippen LogP contribution in [0.1, 0.15) is 26.9 Å². The van der Waals surface area contributed by atoms with E-state index in [2.05, 4.69) is 4.98 Å². The second kappa shape index (κ2) is 9.63. The first-order valence-corrected chi connectivity index (χ1v) is 10.1. The van der Waals surface area contributed by atoms with Gasteiger partial charge in [-0.05, 0) is 30.3 Å². The summed E-state index contributed by atoms with van der Waals surface area (Å²) in [6, 6.07) is 17.9. The van der Waals surface area contributed by atoms with Crippen molar-refractivity contribution >= 4 is 17.8 Å². The number of hydrogen-bond donors (Lipinski definition) is 2. The zero-order valence-electron chi connectivity index (χ0n) is 17.3. The number of carbonyl (C=O) groups is 2. The molecular weight excluding hydrogens is 430 g/mol. The molecule has 4 rings (SSSR count). The number of aromatic nitrogens is 2. The molecule has 0 saturated carbocycles. The molecule has 3 aromatic rings. The molecule has 0 bridgehead atoms. The zero-order valence-corrected chi connectivity index (χ0v) is 17.3. The van der Waals surface area contributed by atoms with Crippen molar-refractivity contribution < 1.29 is 28.9 Å². The molecule has 1 fully saturated rings. The number of aliphatic hydroxyl groups excluding tert-OH is 1. The van der Waals surface area contributed by atoms with Crippen LogP contribution < -0.4 is 11.4 Å². The summed E-state index contributed by atoms with van der Waals surface area (Å²) in [5.74, 6) is -1.31. The molecule has 0 unspecified atom stereocenters. The van der Waals surface area contributed by atoms with Gasteiger partial charge >= 0.3 is 17.6 Å². The third kappa shape index (κ3) is 4.92. The standard InChI is InChI=1S/C23H21N3O7/c24-17-11-12-26(23(30)25-17)20-18(27)19(33-22(29)15-9-5-2-6-10-15)16(32-20)13-31-21(28)14-7-3-1-4-8-14/h1-12,16,18-20,27H,13H2,(H2,24,25,30)/t16-,18-,19-,20-/m1/s1. The van der Waals surface area contributed by atoms with E-state index in [4.69, 9.17) is 19.9 Å². The molecule has 33 heavy (non-hydrogen) atoms. The predicted octanol–water partition coefficient (Wildman–Crippen LogP) is 1.17. The minimum atomic E-state index is -1.44. The lowest BCUT2D eigenvalue weighted by Gasteiger charge is -2.21. The van der Waals surface area contributed by atoms with Gasteiger partial charge in [-0.3, -0.25) is 4.57 Å². The Bertz CT molecular complexity index is 1180. The molecular formula is C23H21N3O7. The molecule has 1 saturated heterocycles. The zero-order chi connectivity index (χ0) is 23.4. The van der Waals surface area contributed by atoms with E-state index in [1.807, 2.05) is 0 Å². The molecule has 2 heterocycles. The van der Waals surface area contributed by atoms with Gasteiger partial charge in [0.05, 0.1) is 11.1 Å². The van der Waals surface area contributed by atoms with Gasteiger partial charge in [0.2, 0.25) is 0 Å². The fourth-order valence-corrected chi connectivity index (χ4v) is 3.43. The topological polar surface area (TPSA) is 143 Å². The maximum Gasteiger partial charge on any atom is 0.351 e. The van der Waals surface area contributed by atoms with E-state index >= 15 is 0 Å². The number of anilines is 1. The van der Waals surface area contributed by atoms with Crippen LogP contribution in [-0.4, -0.2) is 51.5 Å². The monoisotopic (exact) mass is 451 g/mol. The summed E-state index contributed by atoms with van der Waals surface area (Å²) in [6.45, 7) is -0.328. The molecule has 1 aliphatic rings. The maximum absolute atomic E-state index is 12.6. The number of nitrogen functional groups attached to an aromatic ring is 1. The molecule has 2 aromatic carbocycles. The fraction of sp³-hybridized carbons (Fsp3) is 0.217. The van der Waals surface area contributed by atoms with Gasteiger partial charge < -0.3 is 25.1 Å². The summed E-state index contributed by atoms with van der Waals surface area (Å²) < 4.78 is 17.7. The Labute approximate surface area is 188 Å². The lowest BCUT2D eigenvalue weighted by atomic mass is 10.1. The van der Waals surface area contributed by atoms with Crippen molar-refractivity contribution in [1.29, 1.82) is 0 Å². The van der Waals surface area contributed by atoms with Crippen molar-refractivity contribution in [3.8, 4) is 0 Å². The average Bonchev–Trinajstić information content (AvgIpc) is 3.13. The Hall–Kier alpha value is -4.02. The van der Waals surface area contributed by atoms with Gasteiger partial charge in [-0.25, -0.2) is 14.4 Å². The van der Waals surface area contributed by atoms with Crippen LogP contribution in [0.5, 0.6) is 0 Å². The Balaban J connectivity index is 1.56. The molecule has 3 N–H and O–H groups in total. The first kappa shape index (κ1) is 22.2. The average molecular weight is 451 g/mol. The van der Waals surface area contributed by atoms with E-state index in [1.54, 1.807) is 60.7 Å². The molecule has 0 spiro atoms. The number of hydrogen-bond acceptors (Lipinski definition) is 9. The van der Waals surface area contributed by atoms with Crippen LogP contribution in [0.15, 0.2) is 77.7 Å². The lowest BCUT2D eigenvalue weighted by Crippen LogP contribution is -2.39. The summed E-state index contributed by atoms with van der Waals surface area (Å²) >= 11 is 0. The molecule has 4 atom stereocenters. The SMILES string of the molecule is Nc1ccn([C@@H]2O[C@H](COC(=O)c3ccccc3)[C@@H](OC(=O)c3ccccc3)[C@H]2O)c(=O)n1. The number of nitrogens with two attached hydrogens (primary N) is 1. The second-order valence-electron chi connectivity index (χ2n) is 7.30. The molecule has 0 aliphatic carbocycles. The van der Waals surface area contributed by atoms with Crippen LogP contribution in [0.3, 0.4) is 0 Å². The Kier molecular flexibility index (Phi) is 6.48. The van der Waals surface area contributed by atoms with Crippen molar-refractivity contribution in [3.63, 3.8) is 0 Å². The van der Waals surface area contributed by atoms with E-state index < -0.39 is 42.2 Å². The highest BCUT2D eigenvalue weighted by Crippen LogP contribution is 2.31. The van der Waals surface area contributed by atoms with Crippen molar-refractivity contribution in [2.45, 2.75) is 24.5 Å². The largest absolute Gasteiger partial charge is 0.459 e. The third-order valence-corrected chi connectivity index (χ3v) is 5.08. The summed E-state index contributed by atoms with van der Waals surface area (Å²) in [5.41, 5.74) is 5.36. The summed E-state index contributed by atoms with van der Waals surface area (Å²) in [6.07, 6.45) is -3.64. The minimum absolute atomic E-state index is 0.00383. The Morgan fingerprint density at radius 2 is 1.61 bits per heavy atom. The van der Waals surface area contributed by atoms with E-state index in [0.29, 0.717) is 5.56 Å². The van der Waals surface area contributed by atoms with Crippen molar-refractivity contribution in [2.24, 2.45) is 0 Å². The highest BCUT2D eigenvalue weighted by molar-refractivity contribution is 5.90. The summed E-state index contributed by atoms with van der Waals surface area (Å²) in [4.78, 5) is 40.9. The number of esters is 2. The highest BCUT2D eigenvalue weighted by atomic mass is 16.6. The number of benzene rings is 2. The van der Waals surface area contributed by atoms with Gasteiger partial charge in [0.15, 0.2) is 12.3 Å². The number of ether oxygens (including phenoxy) is 3. The van der Waals surface area contributed by atoms with Crippen LogP contribution in [0.2, 0.25) is 0 Å². The summed E-state index contributed by atoms with van der Waals surface area (Å²) in [7, 11) is 0. The Morgan fingerprint density at radius 1 is 1.00 bits per heavy atom. The number of aliphatic hydroxyl groups is 1. The number of nitrogens with zero attached hydrogens (tertiary/aromatic N) is 2. The first-order chi connectivity index (χ1) is 15.9. The number of carbonyl (C=O) groups excluding carboxylic acids is 2. The van der Waals surface area contributed by atoms with Crippen LogP contribution in [0.4, 0.5) is 5.82 Å². The van der Waals surface area contributed by atoms with Crippen molar-refractivity contribution in [2.75, 3.05) is 12.3 Å². The van der Waals surface area contributed by atoms with Gasteiger partial charge in [-0.2, -0.15) is 4.98 Å². The van der Waals surface area contributed by atoms with E-state index in [1.165, 1.54) is 12.3 Å². The molecule has 0 radical (unpaired) electrons. The molecule has 0 amide bonds. The van der Waals surface area contributed by atoms with E-state index in [9.17, 15) is 19.5 Å². The van der Waals surface area contributed by atoms with Gasteiger partial charge in [-0.15, -0.1) is 0 Å². The molecule has 10 nitrogen and oxygen atoms in total. The normalized spacial score (nSPS) is 22.0. The third-order valence-electron chi connectivity index (χ3n) is 5.08. The fourth-order valence-electron chi connectivity index (χ4n) is 3.43. The van der Waals surface area contributed by atoms with E-state index in [-0.39, 0.29) is 18.0 Å². The van der Waals surface area contributed by atoms with Gasteiger partial charge in [-0.1, -0.05) is 36.4 Å². The van der Waals surface area contributed by atoms with Gasteiger partial charge in [0, 0.05) is 6.20 Å². The second-order valence-corrected chi connectivity index (χ2v) is 7.30. The van der Waals surface area contributed by atoms with Crippen molar-refractivity contribution in [3.05, 3.63) is 94.5 Å². The molecule has 1 aromatic heterocycles. The van der Waals surface area contributed by atoms with Gasteiger partial charge in [0.1, 0.15) is 24.6 Å². The van der Waals surface area contributed by atoms with Gasteiger partial charge in [0.25, 0.3) is 0 Å².